The van der Waals surface area contributed by atoms with Crippen LogP contribution in [0.25, 0.3) is 0 Å². The molecule has 4 heteroatoms. The summed E-state index contributed by atoms with van der Waals surface area (Å²) in [4.78, 5) is 8.39. The zero-order valence-electron chi connectivity index (χ0n) is 9.23. The highest BCUT2D eigenvalue weighted by Crippen LogP contribution is 2.30. The van der Waals surface area contributed by atoms with Crippen LogP contribution in [0.5, 0.6) is 5.88 Å². The van der Waals surface area contributed by atoms with Crippen molar-refractivity contribution in [1.29, 1.82) is 0 Å². The van der Waals surface area contributed by atoms with Crippen LogP contribution in [0.1, 0.15) is 26.2 Å². The molecular weight excluding hydrogens is 190 g/mol. The zero-order valence-corrected chi connectivity index (χ0v) is 9.23. The van der Waals surface area contributed by atoms with E-state index in [4.69, 9.17) is 4.74 Å². The van der Waals surface area contributed by atoms with E-state index >= 15 is 0 Å². The molecule has 4 nitrogen and oxygen atoms in total. The molecule has 0 aliphatic heterocycles. The molecule has 1 fully saturated rings. The van der Waals surface area contributed by atoms with E-state index in [-0.39, 0.29) is 0 Å². The Morgan fingerprint density at radius 2 is 2.33 bits per heavy atom. The molecule has 0 saturated heterocycles. The molecule has 1 unspecified atom stereocenters. The molecule has 1 aromatic heterocycles. The second kappa shape index (κ2) is 4.47. The molecule has 1 heterocycles. The number of rotatable bonds is 4. The summed E-state index contributed by atoms with van der Waals surface area (Å²) in [6.07, 6.45) is 5.70. The van der Waals surface area contributed by atoms with Gasteiger partial charge in [-0.3, -0.25) is 0 Å². The van der Waals surface area contributed by atoms with Gasteiger partial charge in [0.15, 0.2) is 0 Å². The number of hydrogen-bond acceptors (Lipinski definition) is 4. The largest absolute Gasteiger partial charge is 0.481 e. The molecule has 82 valence electrons. The van der Waals surface area contributed by atoms with Crippen LogP contribution in [0.15, 0.2) is 12.3 Å². The van der Waals surface area contributed by atoms with Gasteiger partial charge in [-0.25, -0.2) is 4.98 Å². The molecule has 0 spiro atoms. The first kappa shape index (κ1) is 10.2. The Hall–Kier alpha value is -1.32. The fourth-order valence-corrected chi connectivity index (χ4v) is 1.79. The van der Waals surface area contributed by atoms with E-state index in [0.717, 1.165) is 5.92 Å². The van der Waals surface area contributed by atoms with Crippen molar-refractivity contribution in [3.05, 3.63) is 12.3 Å². The lowest BCUT2D eigenvalue weighted by Crippen LogP contribution is -2.31. The molecule has 0 bridgehead atoms. The third-order valence-corrected chi connectivity index (χ3v) is 3.05. The quantitative estimate of drug-likeness (QED) is 0.821. The summed E-state index contributed by atoms with van der Waals surface area (Å²) >= 11 is 0. The minimum atomic E-state index is 0.450. The second-order valence-corrected chi connectivity index (χ2v) is 4.05. The number of nitrogens with zero attached hydrogens (tertiary/aromatic N) is 2. The van der Waals surface area contributed by atoms with Crippen molar-refractivity contribution in [3.63, 3.8) is 0 Å². The minimum absolute atomic E-state index is 0.450. The molecule has 0 radical (unpaired) electrons. The minimum Gasteiger partial charge on any atom is -0.481 e. The van der Waals surface area contributed by atoms with E-state index in [0.29, 0.717) is 17.9 Å². The van der Waals surface area contributed by atoms with E-state index in [1.807, 2.05) is 0 Å². The topological polar surface area (TPSA) is 47.0 Å². The summed E-state index contributed by atoms with van der Waals surface area (Å²) < 4.78 is 5.05. The van der Waals surface area contributed by atoms with E-state index < -0.39 is 0 Å². The summed E-state index contributed by atoms with van der Waals surface area (Å²) in [6, 6.07) is 2.20. The van der Waals surface area contributed by atoms with Crippen molar-refractivity contribution in [2.24, 2.45) is 5.92 Å². The van der Waals surface area contributed by atoms with E-state index in [9.17, 15) is 0 Å². The van der Waals surface area contributed by atoms with Gasteiger partial charge in [0.25, 0.3) is 0 Å². The Balaban J connectivity index is 1.96. The summed E-state index contributed by atoms with van der Waals surface area (Å²) in [5.41, 5.74) is 0. The van der Waals surface area contributed by atoms with Gasteiger partial charge in [-0.1, -0.05) is 6.42 Å². The smallest absolute Gasteiger partial charge is 0.226 e. The predicted molar refractivity (Wildman–Crippen MR) is 59.0 cm³/mol. The number of methoxy groups -OCH3 is 1. The van der Waals surface area contributed by atoms with Crippen LogP contribution in [-0.2, 0) is 0 Å². The van der Waals surface area contributed by atoms with Crippen molar-refractivity contribution in [2.45, 2.75) is 32.2 Å². The highest BCUT2D eigenvalue weighted by atomic mass is 16.5. The SMILES string of the molecule is COc1ccnc(NC(C)C2CCC2)n1. The summed E-state index contributed by atoms with van der Waals surface area (Å²) in [7, 11) is 1.61. The van der Waals surface area contributed by atoms with Gasteiger partial charge in [0.2, 0.25) is 11.8 Å². The van der Waals surface area contributed by atoms with Crippen LogP contribution in [0.3, 0.4) is 0 Å². The summed E-state index contributed by atoms with van der Waals surface area (Å²) in [6.45, 7) is 2.19. The van der Waals surface area contributed by atoms with Gasteiger partial charge in [-0.2, -0.15) is 4.98 Å². The first-order valence-corrected chi connectivity index (χ1v) is 5.43. The highest BCUT2D eigenvalue weighted by molar-refractivity contribution is 5.28. The van der Waals surface area contributed by atoms with Crippen molar-refractivity contribution >= 4 is 5.95 Å². The predicted octanol–water partition coefficient (Wildman–Crippen LogP) is 2.09. The van der Waals surface area contributed by atoms with E-state index in [1.54, 1.807) is 19.4 Å². The average Bonchev–Trinajstić information content (AvgIpc) is 2.15. The highest BCUT2D eigenvalue weighted by Gasteiger charge is 2.24. The number of aromatic nitrogens is 2. The Morgan fingerprint density at radius 3 is 2.93 bits per heavy atom. The molecule has 1 N–H and O–H groups in total. The first-order valence-electron chi connectivity index (χ1n) is 5.43. The zero-order chi connectivity index (χ0) is 10.7. The van der Waals surface area contributed by atoms with Crippen LogP contribution in [0.2, 0.25) is 0 Å². The molecule has 0 amide bonds. The van der Waals surface area contributed by atoms with Crippen LogP contribution in [0, 0.1) is 5.92 Å². The van der Waals surface area contributed by atoms with E-state index in [1.165, 1.54) is 19.3 Å². The molecule has 0 aromatic carbocycles. The average molecular weight is 207 g/mol. The van der Waals surface area contributed by atoms with Gasteiger partial charge in [-0.15, -0.1) is 0 Å². The molecular formula is C11H17N3O. The van der Waals surface area contributed by atoms with E-state index in [2.05, 4.69) is 22.2 Å². The van der Waals surface area contributed by atoms with Gasteiger partial charge in [0, 0.05) is 18.3 Å². The number of nitrogens with one attached hydrogen (secondary N) is 1. The Kier molecular flexibility index (Phi) is 3.04. The van der Waals surface area contributed by atoms with Gasteiger partial charge < -0.3 is 10.1 Å². The number of ether oxygens (including phenoxy) is 1. The lowest BCUT2D eigenvalue weighted by molar-refractivity contribution is 0.284. The van der Waals surface area contributed by atoms with Crippen LogP contribution in [0.4, 0.5) is 5.95 Å². The first-order chi connectivity index (χ1) is 7.29. The maximum atomic E-state index is 5.05. The lowest BCUT2D eigenvalue weighted by atomic mass is 9.80. The van der Waals surface area contributed by atoms with Crippen LogP contribution < -0.4 is 10.1 Å². The summed E-state index contributed by atoms with van der Waals surface area (Å²) in [5.74, 6) is 2.04. The lowest BCUT2D eigenvalue weighted by Gasteiger charge is -2.31. The molecule has 1 atom stereocenters. The standard InChI is InChI=1S/C11H17N3O/c1-8(9-4-3-5-9)13-11-12-7-6-10(14-11)15-2/h6-9H,3-5H2,1-2H3,(H,12,13,14). The Morgan fingerprint density at radius 1 is 1.53 bits per heavy atom. The maximum absolute atomic E-state index is 5.05. The van der Waals surface area contributed by atoms with Crippen LogP contribution >= 0.6 is 0 Å². The van der Waals surface area contributed by atoms with Gasteiger partial charge >= 0.3 is 0 Å². The van der Waals surface area contributed by atoms with Crippen molar-refractivity contribution in [1.82, 2.24) is 9.97 Å². The fourth-order valence-electron chi connectivity index (χ4n) is 1.79. The fraction of sp³-hybridized carbons (Fsp3) is 0.636. The molecule has 1 saturated carbocycles. The maximum Gasteiger partial charge on any atom is 0.226 e. The van der Waals surface area contributed by atoms with Gasteiger partial charge in [-0.05, 0) is 25.7 Å². The molecule has 15 heavy (non-hydrogen) atoms. The van der Waals surface area contributed by atoms with Crippen molar-refractivity contribution in [2.75, 3.05) is 12.4 Å². The third kappa shape index (κ3) is 2.37. The van der Waals surface area contributed by atoms with Crippen molar-refractivity contribution < 1.29 is 4.74 Å². The van der Waals surface area contributed by atoms with Crippen molar-refractivity contribution in [3.8, 4) is 5.88 Å². The van der Waals surface area contributed by atoms with Gasteiger partial charge in [0.05, 0.1) is 7.11 Å². The number of anilines is 1. The third-order valence-electron chi connectivity index (χ3n) is 3.05. The molecule has 1 aliphatic rings. The molecule has 1 aromatic rings. The summed E-state index contributed by atoms with van der Waals surface area (Å²) in [5, 5.41) is 3.32. The molecule has 1 aliphatic carbocycles. The Bertz CT molecular complexity index is 325. The second-order valence-electron chi connectivity index (χ2n) is 4.05. The monoisotopic (exact) mass is 207 g/mol. The molecule has 2 rings (SSSR count). The Labute approximate surface area is 90.1 Å². The number of hydrogen-bond donors (Lipinski definition) is 1. The van der Waals surface area contributed by atoms with Gasteiger partial charge in [0.1, 0.15) is 0 Å². The normalized spacial score (nSPS) is 18.0. The van der Waals surface area contributed by atoms with Crippen LogP contribution in [-0.4, -0.2) is 23.1 Å².